The Bertz CT molecular complexity index is 484. The maximum Gasteiger partial charge on any atom is 0.0993 e. The standard InChI is InChI=1S/C17H24N2O/c1-3-4-14-5-8-17(12-18,9-6-14)16(20)15-11-19-10-7-13(15)2/h7,10-11,14,16,20H,3-6,8-9H2,1-2H3. The first-order valence-electron chi connectivity index (χ1n) is 7.63. The SMILES string of the molecule is CCCC1CCC(C#N)(C(O)c2cnccc2C)CC1. The maximum atomic E-state index is 10.7. The van der Waals surface area contributed by atoms with Crippen molar-refractivity contribution in [2.45, 2.75) is 58.5 Å². The first-order chi connectivity index (χ1) is 9.63. The van der Waals surface area contributed by atoms with Crippen LogP contribution in [0.3, 0.4) is 0 Å². The zero-order valence-electron chi connectivity index (χ0n) is 12.5. The van der Waals surface area contributed by atoms with Crippen molar-refractivity contribution in [2.75, 3.05) is 0 Å². The molecule has 3 nitrogen and oxygen atoms in total. The third kappa shape index (κ3) is 2.86. The lowest BCUT2D eigenvalue weighted by Gasteiger charge is -2.38. The molecular weight excluding hydrogens is 248 g/mol. The van der Waals surface area contributed by atoms with Crippen LogP contribution in [0.15, 0.2) is 18.5 Å². The number of nitrogens with zero attached hydrogens (tertiary/aromatic N) is 2. The molecule has 0 saturated heterocycles. The Balaban J connectivity index is 2.17. The molecule has 20 heavy (non-hydrogen) atoms. The number of aromatic nitrogens is 1. The van der Waals surface area contributed by atoms with Crippen LogP contribution in [-0.4, -0.2) is 10.1 Å². The molecule has 0 bridgehead atoms. The Hall–Kier alpha value is -1.40. The number of pyridine rings is 1. The summed E-state index contributed by atoms with van der Waals surface area (Å²) in [6.45, 7) is 4.17. The molecule has 1 aromatic rings. The Morgan fingerprint density at radius 1 is 1.50 bits per heavy atom. The van der Waals surface area contributed by atoms with Crippen molar-refractivity contribution in [1.82, 2.24) is 4.98 Å². The second-order valence-electron chi connectivity index (χ2n) is 6.13. The van der Waals surface area contributed by atoms with E-state index in [-0.39, 0.29) is 0 Å². The van der Waals surface area contributed by atoms with E-state index in [2.05, 4.69) is 18.0 Å². The minimum absolute atomic E-state index is 0.627. The van der Waals surface area contributed by atoms with Crippen molar-refractivity contribution in [3.05, 3.63) is 29.6 Å². The smallest absolute Gasteiger partial charge is 0.0993 e. The molecule has 1 aromatic heterocycles. The molecule has 108 valence electrons. The van der Waals surface area contributed by atoms with Crippen LogP contribution in [0.1, 0.15) is 62.7 Å². The molecule has 0 aromatic carbocycles. The fraction of sp³-hybridized carbons (Fsp3) is 0.647. The van der Waals surface area contributed by atoms with Gasteiger partial charge in [-0.05, 0) is 50.2 Å². The van der Waals surface area contributed by atoms with Crippen molar-refractivity contribution >= 4 is 0 Å². The van der Waals surface area contributed by atoms with Gasteiger partial charge in [-0.1, -0.05) is 19.8 Å². The summed E-state index contributed by atoms with van der Waals surface area (Å²) in [6.07, 6.45) is 8.85. The topological polar surface area (TPSA) is 56.9 Å². The highest BCUT2D eigenvalue weighted by Crippen LogP contribution is 2.48. The second kappa shape index (κ2) is 6.37. The minimum atomic E-state index is -0.719. The van der Waals surface area contributed by atoms with Gasteiger partial charge in [0.15, 0.2) is 0 Å². The van der Waals surface area contributed by atoms with Crippen LogP contribution in [0.4, 0.5) is 0 Å². The lowest BCUT2D eigenvalue weighted by Crippen LogP contribution is -2.33. The van der Waals surface area contributed by atoms with Crippen molar-refractivity contribution in [2.24, 2.45) is 11.3 Å². The van der Waals surface area contributed by atoms with Crippen LogP contribution in [-0.2, 0) is 0 Å². The van der Waals surface area contributed by atoms with Gasteiger partial charge in [-0.3, -0.25) is 4.98 Å². The van der Waals surface area contributed by atoms with Crippen LogP contribution in [0.5, 0.6) is 0 Å². The van der Waals surface area contributed by atoms with Crippen LogP contribution in [0, 0.1) is 29.6 Å². The number of rotatable bonds is 4. The lowest BCUT2D eigenvalue weighted by atomic mass is 9.66. The molecule has 3 heteroatoms. The molecule has 2 rings (SSSR count). The first-order valence-corrected chi connectivity index (χ1v) is 7.63. The van der Waals surface area contributed by atoms with Gasteiger partial charge in [0.25, 0.3) is 0 Å². The Kier molecular flexibility index (Phi) is 4.77. The van der Waals surface area contributed by atoms with Crippen LogP contribution < -0.4 is 0 Å². The highest BCUT2D eigenvalue weighted by Gasteiger charge is 2.42. The van der Waals surface area contributed by atoms with Crippen molar-refractivity contribution < 1.29 is 5.11 Å². The van der Waals surface area contributed by atoms with Crippen LogP contribution >= 0.6 is 0 Å². The number of nitriles is 1. The van der Waals surface area contributed by atoms with E-state index in [0.29, 0.717) is 0 Å². The zero-order chi connectivity index (χ0) is 14.6. The van der Waals surface area contributed by atoms with E-state index >= 15 is 0 Å². The Morgan fingerprint density at radius 2 is 2.20 bits per heavy atom. The molecule has 0 amide bonds. The van der Waals surface area contributed by atoms with Crippen LogP contribution in [0.2, 0.25) is 0 Å². The number of hydrogen-bond acceptors (Lipinski definition) is 3. The summed E-state index contributed by atoms with van der Waals surface area (Å²) in [5.41, 5.74) is 1.19. The first kappa shape index (κ1) is 15.0. The van der Waals surface area contributed by atoms with E-state index < -0.39 is 11.5 Å². The third-order valence-corrected chi connectivity index (χ3v) is 4.81. The van der Waals surface area contributed by atoms with Gasteiger partial charge in [0, 0.05) is 18.0 Å². The molecule has 1 aliphatic rings. The molecule has 1 saturated carbocycles. The molecule has 1 unspecified atom stereocenters. The molecule has 1 heterocycles. The highest BCUT2D eigenvalue weighted by atomic mass is 16.3. The minimum Gasteiger partial charge on any atom is -0.387 e. The van der Waals surface area contributed by atoms with Gasteiger partial charge in [0.05, 0.1) is 17.6 Å². The summed E-state index contributed by atoms with van der Waals surface area (Å²) < 4.78 is 0. The van der Waals surface area contributed by atoms with E-state index in [4.69, 9.17) is 0 Å². The van der Waals surface area contributed by atoms with E-state index in [1.165, 1.54) is 12.8 Å². The summed E-state index contributed by atoms with van der Waals surface area (Å²) in [5, 5.41) is 20.4. The van der Waals surface area contributed by atoms with E-state index in [1.807, 2.05) is 13.0 Å². The van der Waals surface area contributed by atoms with Gasteiger partial charge in [-0.2, -0.15) is 5.26 Å². The molecule has 1 N–H and O–H groups in total. The normalized spacial score (nSPS) is 27.8. The Labute approximate surface area is 121 Å². The van der Waals surface area contributed by atoms with Gasteiger partial charge in [0.2, 0.25) is 0 Å². The molecule has 0 radical (unpaired) electrons. The molecule has 1 atom stereocenters. The molecule has 1 fully saturated rings. The Morgan fingerprint density at radius 3 is 2.75 bits per heavy atom. The summed E-state index contributed by atoms with van der Waals surface area (Å²) in [7, 11) is 0. The van der Waals surface area contributed by atoms with E-state index in [0.717, 1.165) is 42.7 Å². The number of aliphatic hydroxyl groups is 1. The van der Waals surface area contributed by atoms with Gasteiger partial charge < -0.3 is 5.11 Å². The van der Waals surface area contributed by atoms with E-state index in [1.54, 1.807) is 12.4 Å². The summed E-state index contributed by atoms with van der Waals surface area (Å²) in [5.74, 6) is 0.726. The molecule has 0 spiro atoms. The number of aliphatic hydroxyl groups excluding tert-OH is 1. The second-order valence-corrected chi connectivity index (χ2v) is 6.13. The van der Waals surface area contributed by atoms with Crippen molar-refractivity contribution in [3.8, 4) is 6.07 Å². The van der Waals surface area contributed by atoms with Gasteiger partial charge in [0.1, 0.15) is 0 Å². The predicted octanol–water partition coefficient (Wildman–Crippen LogP) is 3.92. The molecule has 1 aliphatic carbocycles. The maximum absolute atomic E-state index is 10.7. The monoisotopic (exact) mass is 272 g/mol. The average Bonchev–Trinajstić information content (AvgIpc) is 2.48. The number of hydrogen-bond donors (Lipinski definition) is 1. The summed E-state index contributed by atoms with van der Waals surface area (Å²) in [4.78, 5) is 4.10. The largest absolute Gasteiger partial charge is 0.387 e. The van der Waals surface area contributed by atoms with E-state index in [9.17, 15) is 10.4 Å². The van der Waals surface area contributed by atoms with Crippen molar-refractivity contribution in [3.63, 3.8) is 0 Å². The highest BCUT2D eigenvalue weighted by molar-refractivity contribution is 5.28. The zero-order valence-corrected chi connectivity index (χ0v) is 12.5. The number of aryl methyl sites for hydroxylation is 1. The van der Waals surface area contributed by atoms with Gasteiger partial charge in [-0.15, -0.1) is 0 Å². The average molecular weight is 272 g/mol. The third-order valence-electron chi connectivity index (χ3n) is 4.81. The fourth-order valence-corrected chi connectivity index (χ4v) is 3.40. The van der Waals surface area contributed by atoms with Gasteiger partial charge in [-0.25, -0.2) is 0 Å². The summed E-state index contributed by atoms with van der Waals surface area (Å²) >= 11 is 0. The fourth-order valence-electron chi connectivity index (χ4n) is 3.40. The quantitative estimate of drug-likeness (QED) is 0.903. The molecule has 0 aliphatic heterocycles. The predicted molar refractivity (Wildman–Crippen MR) is 78.8 cm³/mol. The molecular formula is C17H24N2O. The van der Waals surface area contributed by atoms with Crippen LogP contribution in [0.25, 0.3) is 0 Å². The summed E-state index contributed by atoms with van der Waals surface area (Å²) in [6, 6.07) is 4.32. The van der Waals surface area contributed by atoms with Gasteiger partial charge >= 0.3 is 0 Å². The lowest BCUT2D eigenvalue weighted by molar-refractivity contribution is 0.0230. The van der Waals surface area contributed by atoms with Crippen molar-refractivity contribution in [1.29, 1.82) is 5.26 Å².